The molecule has 1 nitrogen and oxygen atoms in total. The van der Waals surface area contributed by atoms with Gasteiger partial charge in [0.05, 0.1) is 0 Å². The third kappa shape index (κ3) is 5.10. The van der Waals surface area contributed by atoms with Crippen LogP contribution in [0.4, 0.5) is 8.78 Å². The Balaban J connectivity index is 1.38. The van der Waals surface area contributed by atoms with Crippen LogP contribution in [0.3, 0.4) is 0 Å². The van der Waals surface area contributed by atoms with Crippen molar-refractivity contribution >= 4 is 10.8 Å². The van der Waals surface area contributed by atoms with Crippen molar-refractivity contribution in [3.63, 3.8) is 0 Å². The van der Waals surface area contributed by atoms with Gasteiger partial charge < -0.3 is 4.74 Å². The van der Waals surface area contributed by atoms with Crippen LogP contribution in [-0.4, -0.2) is 6.61 Å². The van der Waals surface area contributed by atoms with Gasteiger partial charge in [0, 0.05) is 0 Å². The lowest BCUT2D eigenvalue weighted by molar-refractivity contribution is -0.0497. The highest BCUT2D eigenvalue weighted by Crippen LogP contribution is 2.48. The van der Waals surface area contributed by atoms with Crippen LogP contribution in [0.25, 0.3) is 10.8 Å². The molecule has 0 radical (unpaired) electrons. The van der Waals surface area contributed by atoms with Crippen LogP contribution in [0.2, 0.25) is 0 Å². The fourth-order valence-electron chi connectivity index (χ4n) is 5.91. The summed E-state index contributed by atoms with van der Waals surface area (Å²) in [5.41, 5.74) is 1.42. The van der Waals surface area contributed by atoms with E-state index in [9.17, 15) is 8.78 Å². The van der Waals surface area contributed by atoms with E-state index in [-0.39, 0.29) is 5.75 Å². The van der Waals surface area contributed by atoms with Gasteiger partial charge in [0.1, 0.15) is 5.75 Å². The fourth-order valence-corrected chi connectivity index (χ4v) is 5.91. The summed E-state index contributed by atoms with van der Waals surface area (Å²) in [5, 5.41) is 2.08. The topological polar surface area (TPSA) is 9.23 Å². The zero-order chi connectivity index (χ0) is 20.2. The highest BCUT2D eigenvalue weighted by Gasteiger charge is 2.35. The molecule has 4 unspecified atom stereocenters. The van der Waals surface area contributed by atoms with Gasteiger partial charge in [-0.15, -0.1) is 0 Å². The van der Waals surface area contributed by atoms with Crippen molar-refractivity contribution < 1.29 is 13.5 Å². The largest absolute Gasteiger partial charge is 0.435 e. The molecule has 4 rings (SSSR count). The highest BCUT2D eigenvalue weighted by atomic mass is 19.3. The van der Waals surface area contributed by atoms with E-state index in [2.05, 4.69) is 29.9 Å². The van der Waals surface area contributed by atoms with Crippen molar-refractivity contribution in [2.75, 3.05) is 0 Å². The minimum absolute atomic E-state index is 0.233. The summed E-state index contributed by atoms with van der Waals surface area (Å²) in [6.07, 6.45) is 13.9. The summed E-state index contributed by atoms with van der Waals surface area (Å²) in [5.74, 6) is 3.70. The molecule has 29 heavy (non-hydrogen) atoms. The molecule has 2 aliphatic carbocycles. The number of unbranched alkanes of at least 4 members (excludes halogenated alkanes) is 2. The van der Waals surface area contributed by atoms with E-state index in [1.165, 1.54) is 69.8 Å². The quantitative estimate of drug-likeness (QED) is 0.425. The summed E-state index contributed by atoms with van der Waals surface area (Å²) in [7, 11) is 0. The van der Waals surface area contributed by atoms with Gasteiger partial charge in [-0.3, -0.25) is 0 Å². The predicted octanol–water partition coefficient (Wildman–Crippen LogP) is 8.32. The molecule has 3 heteroatoms. The SMILES string of the molecule is CCCCCC1CCC2CC(c3ccc4cc(OC(F)F)ccc4c3)CCC2C1. The van der Waals surface area contributed by atoms with Crippen LogP contribution in [-0.2, 0) is 0 Å². The second kappa shape index (κ2) is 9.45. The van der Waals surface area contributed by atoms with Crippen molar-refractivity contribution in [3.8, 4) is 5.75 Å². The molecule has 2 saturated carbocycles. The second-order valence-corrected chi connectivity index (χ2v) is 9.35. The van der Waals surface area contributed by atoms with Gasteiger partial charge in [0.15, 0.2) is 0 Å². The maximum atomic E-state index is 12.4. The lowest BCUT2D eigenvalue weighted by Crippen LogP contribution is -2.30. The second-order valence-electron chi connectivity index (χ2n) is 9.35. The molecule has 0 aliphatic heterocycles. The van der Waals surface area contributed by atoms with E-state index < -0.39 is 6.61 Å². The number of rotatable bonds is 7. The minimum Gasteiger partial charge on any atom is -0.435 e. The molecule has 0 amide bonds. The van der Waals surface area contributed by atoms with Crippen LogP contribution >= 0.6 is 0 Å². The smallest absolute Gasteiger partial charge is 0.387 e. The molecule has 2 fully saturated rings. The maximum absolute atomic E-state index is 12.4. The normalized spacial score (nSPS) is 27.2. The molecule has 0 N–H and O–H groups in total. The number of halogens is 2. The standard InChI is InChI=1S/C26H34F2O/c1-2-3-4-5-18-6-7-20-15-21(9-8-19(20)14-18)22-10-11-24-17-25(29-26(27)28)13-12-23(24)16-22/h10-13,16-21,26H,2-9,14-15H2,1H3. The summed E-state index contributed by atoms with van der Waals surface area (Å²) >= 11 is 0. The molecule has 2 aromatic carbocycles. The van der Waals surface area contributed by atoms with Gasteiger partial charge in [0.2, 0.25) is 0 Å². The van der Waals surface area contributed by atoms with Gasteiger partial charge in [-0.05, 0) is 84.2 Å². The molecule has 0 bridgehead atoms. The van der Waals surface area contributed by atoms with Crippen molar-refractivity contribution in [2.24, 2.45) is 17.8 Å². The third-order valence-electron chi connectivity index (χ3n) is 7.47. The first-order chi connectivity index (χ1) is 14.1. The zero-order valence-corrected chi connectivity index (χ0v) is 17.6. The van der Waals surface area contributed by atoms with Crippen LogP contribution in [0, 0.1) is 17.8 Å². The van der Waals surface area contributed by atoms with E-state index in [0.29, 0.717) is 5.92 Å². The van der Waals surface area contributed by atoms with Crippen molar-refractivity contribution in [1.82, 2.24) is 0 Å². The van der Waals surface area contributed by atoms with Crippen LogP contribution in [0.1, 0.15) is 82.6 Å². The van der Waals surface area contributed by atoms with Crippen LogP contribution in [0.5, 0.6) is 5.75 Å². The molecule has 0 heterocycles. The number of hydrogen-bond acceptors (Lipinski definition) is 1. The summed E-state index contributed by atoms with van der Waals surface area (Å²) < 4.78 is 29.4. The summed E-state index contributed by atoms with van der Waals surface area (Å²) in [6.45, 7) is -0.482. The van der Waals surface area contributed by atoms with E-state index in [0.717, 1.165) is 28.5 Å². The molecular weight excluding hydrogens is 366 g/mol. The number of ether oxygens (including phenoxy) is 1. The van der Waals surface area contributed by atoms with Gasteiger partial charge in [0.25, 0.3) is 0 Å². The molecule has 2 aliphatic rings. The highest BCUT2D eigenvalue weighted by molar-refractivity contribution is 5.84. The van der Waals surface area contributed by atoms with E-state index in [1.54, 1.807) is 12.1 Å². The Hall–Kier alpha value is -1.64. The Labute approximate surface area is 173 Å². The number of benzene rings is 2. The monoisotopic (exact) mass is 400 g/mol. The molecule has 0 spiro atoms. The minimum atomic E-state index is -2.77. The first-order valence-electron chi connectivity index (χ1n) is 11.6. The maximum Gasteiger partial charge on any atom is 0.387 e. The van der Waals surface area contributed by atoms with Crippen LogP contribution < -0.4 is 4.74 Å². The Kier molecular flexibility index (Phi) is 6.72. The Morgan fingerprint density at radius 1 is 0.897 bits per heavy atom. The average molecular weight is 401 g/mol. The van der Waals surface area contributed by atoms with Crippen LogP contribution in [0.15, 0.2) is 36.4 Å². The van der Waals surface area contributed by atoms with Crippen molar-refractivity contribution in [1.29, 1.82) is 0 Å². The molecule has 0 aromatic heterocycles. The lowest BCUT2D eigenvalue weighted by atomic mass is 9.63. The number of alkyl halides is 2. The van der Waals surface area contributed by atoms with E-state index >= 15 is 0 Å². The van der Waals surface area contributed by atoms with Gasteiger partial charge in [-0.2, -0.15) is 8.78 Å². The molecule has 158 valence electrons. The first-order valence-corrected chi connectivity index (χ1v) is 11.6. The molecular formula is C26H34F2O. The first kappa shape index (κ1) is 20.6. The Morgan fingerprint density at radius 3 is 2.48 bits per heavy atom. The van der Waals surface area contributed by atoms with Gasteiger partial charge in [-0.1, -0.05) is 63.3 Å². The van der Waals surface area contributed by atoms with Crippen molar-refractivity contribution in [2.45, 2.75) is 83.7 Å². The molecule has 2 aromatic rings. The number of hydrogen-bond donors (Lipinski definition) is 0. The Morgan fingerprint density at radius 2 is 1.66 bits per heavy atom. The Bertz CT molecular complexity index is 802. The van der Waals surface area contributed by atoms with Crippen molar-refractivity contribution in [3.05, 3.63) is 42.0 Å². The van der Waals surface area contributed by atoms with Gasteiger partial charge in [-0.25, -0.2) is 0 Å². The van der Waals surface area contributed by atoms with E-state index in [1.807, 2.05) is 6.07 Å². The lowest BCUT2D eigenvalue weighted by Gasteiger charge is -2.42. The average Bonchev–Trinajstić information content (AvgIpc) is 2.73. The summed E-state index contributed by atoms with van der Waals surface area (Å²) in [4.78, 5) is 0. The summed E-state index contributed by atoms with van der Waals surface area (Å²) in [6, 6.07) is 11.8. The van der Waals surface area contributed by atoms with E-state index in [4.69, 9.17) is 0 Å². The number of fused-ring (bicyclic) bond motifs is 2. The fraction of sp³-hybridized carbons (Fsp3) is 0.615. The molecule has 4 atom stereocenters. The zero-order valence-electron chi connectivity index (χ0n) is 17.6. The molecule has 0 saturated heterocycles. The van der Waals surface area contributed by atoms with Gasteiger partial charge >= 0.3 is 6.61 Å². The predicted molar refractivity (Wildman–Crippen MR) is 116 cm³/mol. The third-order valence-corrected chi connectivity index (χ3v) is 7.47.